The summed E-state index contributed by atoms with van der Waals surface area (Å²) in [7, 11) is 0. The SMILES string of the molecule is Cc1nc(SC(C)C(=O)NCC(C)c2ccccc2)c2ccccc2n1. The quantitative estimate of drug-likeness (QED) is 0.521. The number of fused-ring (bicyclic) bond motifs is 1. The summed E-state index contributed by atoms with van der Waals surface area (Å²) in [6, 6.07) is 18.1. The molecule has 0 saturated heterocycles. The number of rotatable bonds is 6. The Kier molecular flexibility index (Phi) is 5.89. The van der Waals surface area contributed by atoms with E-state index in [4.69, 9.17) is 0 Å². The highest BCUT2D eigenvalue weighted by molar-refractivity contribution is 8.00. The number of aryl methyl sites for hydroxylation is 1. The average molecular weight is 366 g/mol. The van der Waals surface area contributed by atoms with Crippen molar-refractivity contribution in [2.75, 3.05) is 6.54 Å². The zero-order valence-corrected chi connectivity index (χ0v) is 16.1. The number of thioether (sulfide) groups is 1. The number of amides is 1. The summed E-state index contributed by atoms with van der Waals surface area (Å²) in [5.74, 6) is 1.02. The van der Waals surface area contributed by atoms with E-state index in [1.54, 1.807) is 0 Å². The normalized spacial score (nSPS) is 13.3. The van der Waals surface area contributed by atoms with E-state index in [-0.39, 0.29) is 17.1 Å². The van der Waals surface area contributed by atoms with Gasteiger partial charge in [-0.3, -0.25) is 4.79 Å². The Morgan fingerprint density at radius 1 is 1.04 bits per heavy atom. The molecule has 134 valence electrons. The van der Waals surface area contributed by atoms with Gasteiger partial charge in [-0.15, -0.1) is 0 Å². The van der Waals surface area contributed by atoms with Gasteiger partial charge in [0.05, 0.1) is 10.8 Å². The molecule has 4 nitrogen and oxygen atoms in total. The fraction of sp³-hybridized carbons (Fsp3) is 0.286. The van der Waals surface area contributed by atoms with Crippen LogP contribution in [0.1, 0.15) is 31.2 Å². The molecule has 0 spiro atoms. The van der Waals surface area contributed by atoms with E-state index >= 15 is 0 Å². The third kappa shape index (κ3) is 4.41. The third-order valence-corrected chi connectivity index (χ3v) is 5.39. The first-order valence-electron chi connectivity index (χ1n) is 8.77. The summed E-state index contributed by atoms with van der Waals surface area (Å²) < 4.78 is 0. The molecule has 1 heterocycles. The number of carbonyl (C=O) groups is 1. The Bertz CT molecular complexity index is 898. The summed E-state index contributed by atoms with van der Waals surface area (Å²) in [6.07, 6.45) is 0. The van der Waals surface area contributed by atoms with E-state index in [0.29, 0.717) is 6.54 Å². The van der Waals surface area contributed by atoms with Crippen molar-refractivity contribution >= 4 is 28.6 Å². The molecular formula is C21H23N3OS. The molecular weight excluding hydrogens is 342 g/mol. The molecule has 1 N–H and O–H groups in total. The average Bonchev–Trinajstić information content (AvgIpc) is 2.66. The minimum absolute atomic E-state index is 0.0260. The number of hydrogen-bond donors (Lipinski definition) is 1. The standard InChI is InChI=1S/C21H23N3OS/c1-14(17-9-5-4-6-10-17)13-22-20(25)15(2)26-21-18-11-7-8-12-19(18)23-16(3)24-21/h4-12,14-15H,13H2,1-3H3,(H,22,25). The molecule has 0 aliphatic rings. The highest BCUT2D eigenvalue weighted by Gasteiger charge is 2.18. The molecule has 3 aromatic rings. The lowest BCUT2D eigenvalue weighted by Crippen LogP contribution is -2.33. The topological polar surface area (TPSA) is 54.9 Å². The van der Waals surface area contributed by atoms with Gasteiger partial charge in [-0.2, -0.15) is 0 Å². The molecule has 5 heteroatoms. The summed E-state index contributed by atoms with van der Waals surface area (Å²) in [5, 5.41) is 4.67. The van der Waals surface area contributed by atoms with Crippen LogP contribution in [0.3, 0.4) is 0 Å². The molecule has 0 saturated carbocycles. The van der Waals surface area contributed by atoms with Crippen LogP contribution in [0.2, 0.25) is 0 Å². The summed E-state index contributed by atoms with van der Waals surface area (Å²) in [6.45, 7) is 6.54. The predicted octanol–water partition coefficient (Wildman–Crippen LogP) is 4.34. The van der Waals surface area contributed by atoms with Crippen molar-refractivity contribution in [1.29, 1.82) is 0 Å². The fourth-order valence-electron chi connectivity index (χ4n) is 2.77. The molecule has 3 rings (SSSR count). The van der Waals surface area contributed by atoms with Gasteiger partial charge in [0.15, 0.2) is 0 Å². The Labute approximate surface area is 158 Å². The van der Waals surface area contributed by atoms with E-state index in [9.17, 15) is 4.79 Å². The largest absolute Gasteiger partial charge is 0.355 e. The first-order chi connectivity index (χ1) is 12.5. The van der Waals surface area contributed by atoms with Crippen LogP contribution in [0.25, 0.3) is 10.9 Å². The van der Waals surface area contributed by atoms with E-state index in [1.807, 2.05) is 56.3 Å². The van der Waals surface area contributed by atoms with Gasteiger partial charge in [0, 0.05) is 11.9 Å². The van der Waals surface area contributed by atoms with Crippen LogP contribution in [-0.2, 0) is 4.79 Å². The molecule has 0 aliphatic carbocycles. The van der Waals surface area contributed by atoms with Crippen molar-refractivity contribution in [3.63, 3.8) is 0 Å². The van der Waals surface area contributed by atoms with Crippen LogP contribution in [0, 0.1) is 6.92 Å². The number of para-hydroxylation sites is 1. The van der Waals surface area contributed by atoms with Gasteiger partial charge in [0.1, 0.15) is 10.9 Å². The predicted molar refractivity (Wildman–Crippen MR) is 107 cm³/mol. The second-order valence-corrected chi connectivity index (χ2v) is 7.74. The lowest BCUT2D eigenvalue weighted by Gasteiger charge is -2.16. The minimum Gasteiger partial charge on any atom is -0.355 e. The second-order valence-electron chi connectivity index (χ2n) is 6.41. The van der Waals surface area contributed by atoms with Gasteiger partial charge in [-0.25, -0.2) is 9.97 Å². The lowest BCUT2D eigenvalue weighted by atomic mass is 10.0. The number of aromatic nitrogens is 2. The van der Waals surface area contributed by atoms with Crippen molar-refractivity contribution < 1.29 is 4.79 Å². The Morgan fingerprint density at radius 2 is 1.73 bits per heavy atom. The van der Waals surface area contributed by atoms with Crippen LogP contribution in [0.5, 0.6) is 0 Å². The molecule has 0 aliphatic heterocycles. The zero-order valence-electron chi connectivity index (χ0n) is 15.3. The van der Waals surface area contributed by atoms with Gasteiger partial charge >= 0.3 is 0 Å². The smallest absolute Gasteiger partial charge is 0.233 e. The van der Waals surface area contributed by atoms with Gasteiger partial charge in [-0.1, -0.05) is 67.2 Å². The zero-order chi connectivity index (χ0) is 18.5. The van der Waals surface area contributed by atoms with Crippen LogP contribution in [0.15, 0.2) is 59.6 Å². The monoisotopic (exact) mass is 365 g/mol. The summed E-state index contributed by atoms with van der Waals surface area (Å²) >= 11 is 1.48. The van der Waals surface area contributed by atoms with E-state index in [0.717, 1.165) is 21.8 Å². The van der Waals surface area contributed by atoms with Crippen molar-refractivity contribution in [3.8, 4) is 0 Å². The third-order valence-electron chi connectivity index (χ3n) is 4.29. The van der Waals surface area contributed by atoms with Crippen LogP contribution < -0.4 is 5.32 Å². The van der Waals surface area contributed by atoms with Gasteiger partial charge in [-0.05, 0) is 31.4 Å². The first-order valence-corrected chi connectivity index (χ1v) is 9.65. The molecule has 0 fully saturated rings. The highest BCUT2D eigenvalue weighted by atomic mass is 32.2. The van der Waals surface area contributed by atoms with E-state index < -0.39 is 0 Å². The van der Waals surface area contributed by atoms with Crippen LogP contribution >= 0.6 is 11.8 Å². The molecule has 2 atom stereocenters. The van der Waals surface area contributed by atoms with E-state index in [2.05, 4.69) is 34.3 Å². The highest BCUT2D eigenvalue weighted by Crippen LogP contribution is 2.28. The number of nitrogens with zero attached hydrogens (tertiary/aromatic N) is 2. The number of hydrogen-bond acceptors (Lipinski definition) is 4. The fourth-order valence-corrected chi connectivity index (χ4v) is 3.78. The second kappa shape index (κ2) is 8.32. The van der Waals surface area contributed by atoms with Crippen molar-refractivity contribution in [1.82, 2.24) is 15.3 Å². The summed E-state index contributed by atoms with van der Waals surface area (Å²) in [5.41, 5.74) is 2.14. The van der Waals surface area contributed by atoms with E-state index in [1.165, 1.54) is 17.3 Å². The molecule has 1 aromatic heterocycles. The number of carbonyl (C=O) groups excluding carboxylic acids is 1. The van der Waals surface area contributed by atoms with Gasteiger partial charge in [0.2, 0.25) is 5.91 Å². The maximum Gasteiger partial charge on any atom is 0.233 e. The molecule has 2 unspecified atom stereocenters. The van der Waals surface area contributed by atoms with Crippen molar-refractivity contribution in [3.05, 3.63) is 66.0 Å². The van der Waals surface area contributed by atoms with Gasteiger partial charge in [0.25, 0.3) is 0 Å². The Balaban J connectivity index is 1.65. The minimum atomic E-state index is -0.226. The van der Waals surface area contributed by atoms with Crippen molar-refractivity contribution in [2.24, 2.45) is 0 Å². The summed E-state index contributed by atoms with van der Waals surface area (Å²) in [4.78, 5) is 21.5. The maximum atomic E-state index is 12.5. The number of nitrogens with one attached hydrogen (secondary N) is 1. The Morgan fingerprint density at radius 3 is 2.50 bits per heavy atom. The number of benzene rings is 2. The molecule has 1 amide bonds. The molecule has 2 aromatic carbocycles. The van der Waals surface area contributed by atoms with Crippen LogP contribution in [-0.4, -0.2) is 27.7 Å². The van der Waals surface area contributed by atoms with Crippen LogP contribution in [0.4, 0.5) is 0 Å². The maximum absolute atomic E-state index is 12.5. The first kappa shape index (κ1) is 18.4. The molecule has 26 heavy (non-hydrogen) atoms. The molecule has 0 bridgehead atoms. The Hall–Kier alpha value is -2.40. The van der Waals surface area contributed by atoms with Crippen molar-refractivity contribution in [2.45, 2.75) is 37.0 Å². The molecule has 0 radical (unpaired) electrons. The lowest BCUT2D eigenvalue weighted by molar-refractivity contribution is -0.120. The van der Waals surface area contributed by atoms with Gasteiger partial charge < -0.3 is 5.32 Å².